The topological polar surface area (TPSA) is 205 Å². The van der Waals surface area contributed by atoms with Gasteiger partial charge in [-0.2, -0.15) is 0 Å². The van der Waals surface area contributed by atoms with Gasteiger partial charge in [-0.15, -0.1) is 0 Å². The SMILES string of the molecule is CCCCCCCCCCCCCCCCc1cc2c(cc1CCCCCCCCCCCCCCCC)-c1cc3[nH]c(cc4nc(cc5[nH]c(cc-2n1)c1cc(OCCOCCOCCOC)c(OCCOCCOCCOC)cc51)-c1cc(CCCCCCCCCCCCCCCC)c(CCCCCCCCCCCCCCCC)cc1-4)c1cc(OCCOCCOCCOC)c(OCCOCCOCCOC)cc31. The number of hydrogen-bond donors (Lipinski definition) is 2. The molecule has 5 heterocycles. The summed E-state index contributed by atoms with van der Waals surface area (Å²) >= 11 is 0. The first-order valence-electron chi connectivity index (χ1n) is 60.4. The Balaban J connectivity index is 1.22. The second-order valence-corrected chi connectivity index (χ2v) is 41.9. The Labute approximate surface area is 897 Å². The minimum atomic E-state index is 0.278. The molecule has 2 N–H and O–H groups in total. The predicted octanol–water partition coefficient (Wildman–Crippen LogP) is 33.6. The van der Waals surface area contributed by atoms with Gasteiger partial charge in [0.2, 0.25) is 0 Å². The highest BCUT2D eigenvalue weighted by atomic mass is 16.6. The Morgan fingerprint density at radius 3 is 0.480 bits per heavy atom. The van der Waals surface area contributed by atoms with Crippen molar-refractivity contribution in [3.05, 3.63) is 95.1 Å². The zero-order valence-corrected chi connectivity index (χ0v) is 94.8. The van der Waals surface area contributed by atoms with Crippen LogP contribution in [0.15, 0.2) is 72.8 Å². The van der Waals surface area contributed by atoms with Crippen LogP contribution in [0.1, 0.15) is 410 Å². The lowest BCUT2D eigenvalue weighted by Crippen LogP contribution is -2.14. The minimum Gasteiger partial charge on any atom is -0.487 e. The molecule has 9 rings (SSSR count). The average Bonchev–Trinajstić information content (AvgIpc) is 1.59. The Bertz CT molecular complexity index is 4130. The summed E-state index contributed by atoms with van der Waals surface area (Å²) in [5.41, 5.74) is 17.4. The van der Waals surface area contributed by atoms with Crippen LogP contribution in [0.3, 0.4) is 0 Å². The van der Waals surface area contributed by atoms with Crippen LogP contribution in [0.25, 0.3) is 88.6 Å². The third-order valence-electron chi connectivity index (χ3n) is 29.6. The fourth-order valence-corrected chi connectivity index (χ4v) is 20.9. The molecule has 0 unspecified atom stereocenters. The first kappa shape index (κ1) is 125. The van der Waals surface area contributed by atoms with Crippen molar-refractivity contribution in [3.8, 4) is 68.0 Å². The average molecular weight is 2060 g/mol. The third kappa shape index (κ3) is 50.6. The molecule has 0 fully saturated rings. The molecule has 0 saturated carbocycles. The van der Waals surface area contributed by atoms with E-state index in [2.05, 4.69) is 110 Å². The molecule has 7 aromatic rings. The Morgan fingerprint density at radius 2 is 0.318 bits per heavy atom. The summed E-state index contributed by atoms with van der Waals surface area (Å²) in [5.74, 6) is 2.40. The summed E-state index contributed by atoms with van der Waals surface area (Å²) in [7, 11) is 6.75. The van der Waals surface area contributed by atoms with E-state index in [0.717, 1.165) is 140 Å². The highest BCUT2D eigenvalue weighted by molar-refractivity contribution is 6.12. The second-order valence-electron chi connectivity index (χ2n) is 41.9. The second kappa shape index (κ2) is 82.8. The van der Waals surface area contributed by atoms with Gasteiger partial charge >= 0.3 is 0 Å². The zero-order chi connectivity index (χ0) is 104. The number of aromatic amines is 2. The maximum Gasteiger partial charge on any atom is 0.162 e. The Hall–Kier alpha value is -6.76. The number of rotatable bonds is 100. The van der Waals surface area contributed by atoms with Gasteiger partial charge in [0.15, 0.2) is 23.0 Å². The first-order valence-corrected chi connectivity index (χ1v) is 60.4. The molecule has 0 aliphatic carbocycles. The van der Waals surface area contributed by atoms with Crippen LogP contribution in [0, 0.1) is 0 Å². The molecule has 0 amide bonds. The molecular weight excluding hydrogens is 1850 g/mol. The molecule has 3 aromatic heterocycles. The van der Waals surface area contributed by atoms with Gasteiger partial charge in [0, 0.05) is 94.3 Å². The van der Waals surface area contributed by atoms with E-state index in [1.54, 1.807) is 28.4 Å². The van der Waals surface area contributed by atoms with Crippen molar-refractivity contribution in [1.29, 1.82) is 0 Å². The van der Waals surface area contributed by atoms with E-state index in [0.29, 0.717) is 155 Å². The lowest BCUT2D eigenvalue weighted by molar-refractivity contribution is 0.0160. The molecule has 20 nitrogen and oxygen atoms in total. The van der Waals surface area contributed by atoms with Crippen molar-refractivity contribution in [3.63, 3.8) is 0 Å². The Kier molecular flexibility index (Phi) is 69.8. The molecular formula is C128H206N4O16. The summed E-state index contributed by atoms with van der Waals surface area (Å²) in [6, 6.07) is 28.1. The first-order chi connectivity index (χ1) is 73.3. The van der Waals surface area contributed by atoms with Crippen molar-refractivity contribution < 1.29 is 75.8 Å². The van der Waals surface area contributed by atoms with Crippen LogP contribution < -0.4 is 18.9 Å². The number of methoxy groups -OCH3 is 4. The predicted molar refractivity (Wildman–Crippen MR) is 617 cm³/mol. The number of unbranched alkanes of at least 4 members (excludes halogenated alkanes) is 52. The molecule has 0 radical (unpaired) electrons. The molecule has 2 aliphatic rings. The van der Waals surface area contributed by atoms with E-state index in [9.17, 15) is 0 Å². The van der Waals surface area contributed by atoms with Gasteiger partial charge < -0.3 is 85.8 Å². The molecule has 834 valence electrons. The molecule has 4 aromatic carbocycles. The molecule has 0 spiro atoms. The van der Waals surface area contributed by atoms with Gasteiger partial charge in [0.1, 0.15) is 26.4 Å². The standard InChI is InChI=1S/C128H206N4O16/c1-9-13-17-21-25-29-33-37-41-45-49-53-57-61-65-105-93-109-110(94-106(105)66-62-58-54-50-46-42-38-34-30-26-22-18-14-10-2)118-102-122-115-99-127(147-91-87-143-83-79-139-75-71-135-7)128(148-92-88-144-84-80-140-76-72-136-8)100-116(115)124(132-122)104-120-112-96-108(68-64-60-56-52-48-44-40-36-32-28-24-20-16-12-4)107(67-63-59-55-51-47-43-39-35-31-27-23-19-15-11-3)95-111(112)119(130-120)103-123-114-98-126(146-90-86-142-82-78-138-74-70-134-6)125(97-113(114)121(131-123)101-117(109)129-118)145-89-85-141-81-77-137-73-69-133-5/h93-104,131-132H,9-92H2,1-8H3. The fourth-order valence-electron chi connectivity index (χ4n) is 20.9. The normalized spacial score (nSPS) is 11.9. The third-order valence-corrected chi connectivity index (χ3v) is 29.6. The van der Waals surface area contributed by atoms with E-state index in [-0.39, 0.29) is 26.4 Å². The maximum absolute atomic E-state index is 6.92. The van der Waals surface area contributed by atoms with Gasteiger partial charge in [0.05, 0.1) is 155 Å². The largest absolute Gasteiger partial charge is 0.487 e. The minimum absolute atomic E-state index is 0.278. The number of aryl methyl sites for hydroxylation is 4. The van der Waals surface area contributed by atoms with Crippen molar-refractivity contribution in [1.82, 2.24) is 19.9 Å². The van der Waals surface area contributed by atoms with Gasteiger partial charge in [0.25, 0.3) is 0 Å². The zero-order valence-electron chi connectivity index (χ0n) is 94.8. The number of nitrogens with zero attached hydrogens (tertiary/aromatic N) is 2. The van der Waals surface area contributed by atoms with E-state index in [1.807, 2.05) is 0 Å². The van der Waals surface area contributed by atoms with E-state index >= 15 is 0 Å². The monoisotopic (exact) mass is 2060 g/mol. The molecule has 148 heavy (non-hydrogen) atoms. The van der Waals surface area contributed by atoms with Crippen LogP contribution in [0.2, 0.25) is 0 Å². The summed E-state index contributed by atoms with van der Waals surface area (Å²) in [4.78, 5) is 20.2. The van der Waals surface area contributed by atoms with Crippen LogP contribution in [0.4, 0.5) is 0 Å². The fraction of sp³-hybridized carbons (Fsp3) is 0.719. The van der Waals surface area contributed by atoms with E-state index in [4.69, 9.17) is 85.8 Å². The van der Waals surface area contributed by atoms with E-state index in [1.165, 1.54) is 356 Å². The number of benzene rings is 4. The number of H-pyrrole nitrogens is 2. The summed E-state index contributed by atoms with van der Waals surface area (Å²) < 4.78 is 96.7. The van der Waals surface area contributed by atoms with Crippen LogP contribution in [0.5, 0.6) is 23.0 Å². The summed E-state index contributed by atoms with van der Waals surface area (Å²) in [6.45, 7) is 19.3. The van der Waals surface area contributed by atoms with Crippen LogP contribution >= 0.6 is 0 Å². The van der Waals surface area contributed by atoms with Crippen LogP contribution in [-0.2, 0) is 82.5 Å². The quantitative estimate of drug-likeness (QED) is 0.0340. The van der Waals surface area contributed by atoms with Crippen molar-refractivity contribution in [2.24, 2.45) is 0 Å². The van der Waals surface area contributed by atoms with Crippen molar-refractivity contribution in [2.45, 2.75) is 413 Å². The number of fused-ring (bicyclic) bond motifs is 20. The Morgan fingerprint density at radius 1 is 0.169 bits per heavy atom. The van der Waals surface area contributed by atoms with Gasteiger partial charge in [-0.1, -0.05) is 362 Å². The molecule has 2 aliphatic heterocycles. The highest BCUT2D eigenvalue weighted by Crippen LogP contribution is 2.47. The van der Waals surface area contributed by atoms with Crippen molar-refractivity contribution in [2.75, 3.05) is 187 Å². The van der Waals surface area contributed by atoms with Gasteiger partial charge in [-0.05, 0) is 146 Å². The number of nitrogens with one attached hydrogen (secondary N) is 2. The van der Waals surface area contributed by atoms with E-state index < -0.39 is 0 Å². The van der Waals surface area contributed by atoms with Gasteiger partial charge in [-0.25, -0.2) is 9.97 Å². The number of ether oxygens (including phenoxy) is 16. The smallest absolute Gasteiger partial charge is 0.162 e. The summed E-state index contributed by atoms with van der Waals surface area (Å²) in [6.07, 6.45) is 78.2. The lowest BCUT2D eigenvalue weighted by atomic mass is 9.90. The molecule has 20 heteroatoms. The molecule has 0 atom stereocenters. The number of hydrogen-bond acceptors (Lipinski definition) is 18. The van der Waals surface area contributed by atoms with Crippen molar-refractivity contribution >= 4 is 43.6 Å². The van der Waals surface area contributed by atoms with Crippen LogP contribution in [-0.4, -0.2) is 207 Å². The maximum atomic E-state index is 6.92. The lowest BCUT2D eigenvalue weighted by Gasteiger charge is -2.14. The molecule has 0 saturated heterocycles. The van der Waals surface area contributed by atoms with Gasteiger partial charge in [-0.3, -0.25) is 0 Å². The number of aromatic nitrogens is 4. The summed E-state index contributed by atoms with van der Waals surface area (Å²) in [5, 5.41) is 3.87. The highest BCUT2D eigenvalue weighted by Gasteiger charge is 2.26. The molecule has 8 bridgehead atoms.